The highest BCUT2D eigenvalue weighted by molar-refractivity contribution is 5.72. The molecule has 86 valence electrons. The van der Waals surface area contributed by atoms with Gasteiger partial charge in [0.25, 0.3) is 0 Å². The molecule has 15 heavy (non-hydrogen) atoms. The van der Waals surface area contributed by atoms with Gasteiger partial charge in [0, 0.05) is 5.97 Å². The summed E-state index contributed by atoms with van der Waals surface area (Å²) in [5.41, 5.74) is -0.413. The first kappa shape index (κ1) is 12.0. The largest absolute Gasteiger partial charge is 0.550 e. The van der Waals surface area contributed by atoms with Crippen molar-refractivity contribution in [2.45, 2.75) is 44.9 Å². The zero-order valence-electron chi connectivity index (χ0n) is 9.08. The van der Waals surface area contributed by atoms with Crippen LogP contribution in [0.2, 0.25) is 0 Å². The second kappa shape index (κ2) is 5.14. The summed E-state index contributed by atoms with van der Waals surface area (Å²) >= 11 is 0. The summed E-state index contributed by atoms with van der Waals surface area (Å²) in [5, 5.41) is 10.7. The van der Waals surface area contributed by atoms with Crippen LogP contribution in [0.5, 0.6) is 0 Å². The van der Waals surface area contributed by atoms with Crippen molar-refractivity contribution in [1.82, 2.24) is 0 Å². The molecule has 0 atom stereocenters. The molecule has 4 nitrogen and oxygen atoms in total. The van der Waals surface area contributed by atoms with Gasteiger partial charge in [-0.05, 0) is 24.7 Å². The van der Waals surface area contributed by atoms with Gasteiger partial charge in [-0.15, -0.1) is 0 Å². The first-order valence-electron chi connectivity index (χ1n) is 5.35. The number of ether oxygens (including phenoxy) is 1. The lowest BCUT2D eigenvalue weighted by Gasteiger charge is -2.36. The number of hydrogen-bond donors (Lipinski definition) is 0. The molecule has 1 aliphatic rings. The Kier molecular flexibility index (Phi) is 4.12. The third-order valence-corrected chi connectivity index (χ3v) is 3.18. The molecule has 0 spiro atoms. The van der Waals surface area contributed by atoms with Crippen LogP contribution in [0, 0.1) is 5.41 Å². The van der Waals surface area contributed by atoms with Crippen LogP contribution in [0.15, 0.2) is 0 Å². The van der Waals surface area contributed by atoms with E-state index in [0.717, 1.165) is 32.1 Å². The van der Waals surface area contributed by atoms with E-state index >= 15 is 0 Å². The lowest BCUT2D eigenvalue weighted by atomic mass is 9.70. The molecule has 0 radical (unpaired) electrons. The molecular weight excluding hydrogens is 196 g/mol. The van der Waals surface area contributed by atoms with Gasteiger partial charge in [0.2, 0.25) is 0 Å². The predicted molar refractivity (Wildman–Crippen MR) is 51.8 cm³/mol. The summed E-state index contributed by atoms with van der Waals surface area (Å²) in [6, 6.07) is 0. The van der Waals surface area contributed by atoms with Gasteiger partial charge in [-0.3, -0.25) is 4.79 Å². The molecule has 0 heterocycles. The summed E-state index contributed by atoms with van der Waals surface area (Å²) in [6.07, 6.45) is 4.86. The number of rotatable bonds is 4. The summed E-state index contributed by atoms with van der Waals surface area (Å²) in [5.74, 6) is -1.39. The van der Waals surface area contributed by atoms with Crippen molar-refractivity contribution in [2.24, 2.45) is 5.41 Å². The Balaban J connectivity index is 2.65. The van der Waals surface area contributed by atoms with Gasteiger partial charge < -0.3 is 14.6 Å². The SMILES string of the molecule is COC(=O)CC1(CC(=O)[O-])CCCCC1. The first-order valence-corrected chi connectivity index (χ1v) is 5.35. The smallest absolute Gasteiger partial charge is 0.306 e. The Morgan fingerprint density at radius 3 is 2.27 bits per heavy atom. The van der Waals surface area contributed by atoms with Crippen molar-refractivity contribution in [1.29, 1.82) is 0 Å². The number of carbonyl (C=O) groups is 2. The van der Waals surface area contributed by atoms with Gasteiger partial charge >= 0.3 is 5.97 Å². The zero-order valence-corrected chi connectivity index (χ0v) is 9.08. The van der Waals surface area contributed by atoms with Crippen LogP contribution in [0.4, 0.5) is 0 Å². The normalized spacial score (nSPS) is 19.5. The minimum atomic E-state index is -1.07. The van der Waals surface area contributed by atoms with Crippen molar-refractivity contribution in [2.75, 3.05) is 7.11 Å². The van der Waals surface area contributed by atoms with Crippen molar-refractivity contribution < 1.29 is 19.4 Å². The fourth-order valence-electron chi connectivity index (χ4n) is 2.40. The highest BCUT2D eigenvalue weighted by Crippen LogP contribution is 2.42. The molecule has 0 aromatic carbocycles. The monoisotopic (exact) mass is 213 g/mol. The summed E-state index contributed by atoms with van der Waals surface area (Å²) in [6.45, 7) is 0. The molecule has 1 aliphatic carbocycles. The Morgan fingerprint density at radius 1 is 1.20 bits per heavy atom. The van der Waals surface area contributed by atoms with Crippen LogP contribution in [-0.4, -0.2) is 19.0 Å². The average molecular weight is 213 g/mol. The molecule has 0 aromatic heterocycles. The van der Waals surface area contributed by atoms with Gasteiger partial charge in [-0.2, -0.15) is 0 Å². The Labute approximate surface area is 89.6 Å². The number of aliphatic carboxylic acids is 1. The zero-order chi connectivity index (χ0) is 11.3. The van der Waals surface area contributed by atoms with E-state index in [9.17, 15) is 14.7 Å². The molecule has 1 rings (SSSR count). The number of methoxy groups -OCH3 is 1. The Hall–Kier alpha value is -1.06. The molecule has 0 N–H and O–H groups in total. The minimum Gasteiger partial charge on any atom is -0.550 e. The highest BCUT2D eigenvalue weighted by Gasteiger charge is 2.34. The van der Waals surface area contributed by atoms with E-state index in [2.05, 4.69) is 4.74 Å². The number of esters is 1. The van der Waals surface area contributed by atoms with Gasteiger partial charge in [0.05, 0.1) is 13.5 Å². The summed E-state index contributed by atoms with van der Waals surface area (Å²) in [4.78, 5) is 21.9. The predicted octanol–water partition coefficient (Wildman–Crippen LogP) is 0.640. The van der Waals surface area contributed by atoms with E-state index in [1.165, 1.54) is 7.11 Å². The van der Waals surface area contributed by atoms with Gasteiger partial charge in [-0.1, -0.05) is 19.3 Å². The summed E-state index contributed by atoms with van der Waals surface area (Å²) < 4.78 is 4.61. The average Bonchev–Trinajstić information content (AvgIpc) is 2.17. The maximum atomic E-state index is 11.2. The third-order valence-electron chi connectivity index (χ3n) is 3.18. The molecular formula is C11H17O4-. The molecule has 0 aromatic rings. The molecule has 0 saturated heterocycles. The molecule has 0 aliphatic heterocycles. The fraction of sp³-hybridized carbons (Fsp3) is 0.818. The third kappa shape index (κ3) is 3.53. The number of carboxylic acid groups (broad SMARTS) is 1. The van der Waals surface area contributed by atoms with E-state index in [1.54, 1.807) is 0 Å². The molecule has 1 saturated carbocycles. The van der Waals surface area contributed by atoms with Crippen molar-refractivity contribution in [3.05, 3.63) is 0 Å². The molecule has 0 unspecified atom stereocenters. The lowest BCUT2D eigenvalue weighted by Crippen LogP contribution is -2.35. The van der Waals surface area contributed by atoms with Crippen molar-refractivity contribution in [3.63, 3.8) is 0 Å². The van der Waals surface area contributed by atoms with Crippen LogP contribution >= 0.6 is 0 Å². The van der Waals surface area contributed by atoms with Gasteiger partial charge in [0.1, 0.15) is 0 Å². The fourth-order valence-corrected chi connectivity index (χ4v) is 2.40. The molecule has 0 amide bonds. The maximum Gasteiger partial charge on any atom is 0.306 e. The van der Waals surface area contributed by atoms with Gasteiger partial charge in [0.15, 0.2) is 0 Å². The van der Waals surface area contributed by atoms with Crippen molar-refractivity contribution in [3.8, 4) is 0 Å². The van der Waals surface area contributed by atoms with E-state index in [1.807, 2.05) is 0 Å². The second-order valence-electron chi connectivity index (χ2n) is 4.36. The molecule has 4 heteroatoms. The molecule has 1 fully saturated rings. The lowest BCUT2D eigenvalue weighted by molar-refractivity contribution is -0.308. The second-order valence-corrected chi connectivity index (χ2v) is 4.36. The van der Waals surface area contributed by atoms with Crippen LogP contribution in [-0.2, 0) is 14.3 Å². The molecule has 0 bridgehead atoms. The van der Waals surface area contributed by atoms with Crippen LogP contribution < -0.4 is 5.11 Å². The number of carbonyl (C=O) groups excluding carboxylic acids is 2. The minimum absolute atomic E-state index is 0.0257. The van der Waals surface area contributed by atoms with E-state index in [-0.39, 0.29) is 18.8 Å². The summed E-state index contributed by atoms with van der Waals surface area (Å²) in [7, 11) is 1.33. The topological polar surface area (TPSA) is 66.4 Å². The number of hydrogen-bond acceptors (Lipinski definition) is 4. The Bertz CT molecular complexity index is 241. The highest BCUT2D eigenvalue weighted by atomic mass is 16.5. The van der Waals surface area contributed by atoms with Crippen molar-refractivity contribution >= 4 is 11.9 Å². The maximum absolute atomic E-state index is 11.2. The van der Waals surface area contributed by atoms with Gasteiger partial charge in [-0.25, -0.2) is 0 Å². The Morgan fingerprint density at radius 2 is 1.80 bits per heavy atom. The number of carboxylic acids is 1. The van der Waals surface area contributed by atoms with Crippen LogP contribution in [0.25, 0.3) is 0 Å². The standard InChI is InChI=1S/C11H18O4/c1-15-10(14)8-11(7-9(12)13)5-3-2-4-6-11/h2-8H2,1H3,(H,12,13)/p-1. The quantitative estimate of drug-likeness (QED) is 0.643. The first-order chi connectivity index (χ1) is 7.08. The van der Waals surface area contributed by atoms with E-state index in [0.29, 0.717) is 0 Å². The van der Waals surface area contributed by atoms with Crippen LogP contribution in [0.3, 0.4) is 0 Å². The van der Waals surface area contributed by atoms with E-state index in [4.69, 9.17) is 0 Å². The van der Waals surface area contributed by atoms with Crippen LogP contribution in [0.1, 0.15) is 44.9 Å². The van der Waals surface area contributed by atoms with E-state index < -0.39 is 11.4 Å².